The molecule has 0 unspecified atom stereocenters. The normalized spacial score (nSPS) is 22.9. The average molecular weight is 309 g/mol. The largest absolute Gasteiger partial charge is 0.478 e. The number of carbonyl (C=O) groups is 1. The van der Waals surface area contributed by atoms with Crippen LogP contribution >= 0.6 is 0 Å². The van der Waals surface area contributed by atoms with Crippen LogP contribution in [0.15, 0.2) is 11.6 Å². The predicted molar refractivity (Wildman–Crippen MR) is 93.2 cm³/mol. The minimum Gasteiger partial charge on any atom is -0.478 e. The maximum Gasteiger partial charge on any atom is 0.328 e. The molecule has 3 nitrogen and oxygen atoms in total. The number of aliphatic carboxylic acids is 1. The number of likely N-dealkylation sites (tertiary alicyclic amines) is 1. The van der Waals surface area contributed by atoms with Crippen molar-refractivity contribution in [3.05, 3.63) is 11.6 Å². The van der Waals surface area contributed by atoms with Crippen molar-refractivity contribution in [1.29, 1.82) is 0 Å². The van der Waals surface area contributed by atoms with E-state index in [1.807, 2.05) is 0 Å². The number of carboxylic acid groups (broad SMARTS) is 1. The summed E-state index contributed by atoms with van der Waals surface area (Å²) in [7, 11) is 0. The fourth-order valence-electron chi connectivity index (χ4n) is 4.51. The number of piperidine rings is 1. The summed E-state index contributed by atoms with van der Waals surface area (Å²) >= 11 is 0. The van der Waals surface area contributed by atoms with E-state index in [4.69, 9.17) is 0 Å². The van der Waals surface area contributed by atoms with Gasteiger partial charge in [0.1, 0.15) is 0 Å². The third kappa shape index (κ3) is 4.58. The van der Waals surface area contributed by atoms with E-state index in [-0.39, 0.29) is 11.1 Å². The first-order chi connectivity index (χ1) is 10.3. The molecule has 0 bridgehead atoms. The highest BCUT2D eigenvalue weighted by Gasteiger charge is 2.47. The van der Waals surface area contributed by atoms with Crippen molar-refractivity contribution in [2.75, 3.05) is 6.54 Å². The van der Waals surface area contributed by atoms with E-state index < -0.39 is 5.97 Å². The molecular formula is C19H35NO2. The van der Waals surface area contributed by atoms with E-state index in [0.717, 1.165) is 50.6 Å². The zero-order valence-corrected chi connectivity index (χ0v) is 15.2. The van der Waals surface area contributed by atoms with Gasteiger partial charge in [0.25, 0.3) is 0 Å². The van der Waals surface area contributed by atoms with Gasteiger partial charge < -0.3 is 5.11 Å². The molecule has 0 atom stereocenters. The maximum absolute atomic E-state index is 11.2. The van der Waals surface area contributed by atoms with Crippen molar-refractivity contribution in [3.63, 3.8) is 0 Å². The van der Waals surface area contributed by atoms with E-state index in [0.29, 0.717) is 0 Å². The molecule has 1 saturated heterocycles. The van der Waals surface area contributed by atoms with E-state index in [1.54, 1.807) is 0 Å². The minimum atomic E-state index is -0.797. The summed E-state index contributed by atoms with van der Waals surface area (Å²) in [4.78, 5) is 13.9. The summed E-state index contributed by atoms with van der Waals surface area (Å²) in [6.45, 7) is 12.4. The molecule has 128 valence electrons. The van der Waals surface area contributed by atoms with Gasteiger partial charge in [-0.05, 0) is 52.5 Å². The number of hydrogen-bond donors (Lipinski definition) is 1. The fraction of sp³-hybridized carbons (Fsp3) is 0.842. The molecule has 22 heavy (non-hydrogen) atoms. The van der Waals surface area contributed by atoms with Gasteiger partial charge in [-0.25, -0.2) is 4.79 Å². The number of nitrogens with zero attached hydrogens (tertiary/aromatic N) is 1. The van der Waals surface area contributed by atoms with Gasteiger partial charge in [0, 0.05) is 17.2 Å². The van der Waals surface area contributed by atoms with Crippen LogP contribution in [0.1, 0.15) is 86.0 Å². The first-order valence-corrected chi connectivity index (χ1v) is 9.01. The van der Waals surface area contributed by atoms with Crippen LogP contribution < -0.4 is 0 Å². The lowest BCUT2D eigenvalue weighted by Crippen LogP contribution is -2.62. The van der Waals surface area contributed by atoms with Crippen molar-refractivity contribution in [1.82, 2.24) is 4.90 Å². The van der Waals surface area contributed by atoms with Crippen LogP contribution in [0.3, 0.4) is 0 Å². The lowest BCUT2D eigenvalue weighted by atomic mass is 9.70. The van der Waals surface area contributed by atoms with Crippen LogP contribution in [-0.2, 0) is 4.79 Å². The van der Waals surface area contributed by atoms with Gasteiger partial charge in [-0.1, -0.05) is 45.6 Å². The molecule has 1 heterocycles. The van der Waals surface area contributed by atoms with Crippen LogP contribution in [0, 0.1) is 0 Å². The molecule has 0 saturated carbocycles. The Balaban J connectivity index is 3.22. The van der Waals surface area contributed by atoms with Gasteiger partial charge in [-0.3, -0.25) is 4.90 Å². The molecule has 0 aromatic heterocycles. The summed E-state index contributed by atoms with van der Waals surface area (Å²) in [6.07, 6.45) is 10.3. The Kier molecular flexibility index (Phi) is 7.11. The molecule has 1 aliphatic rings. The van der Waals surface area contributed by atoms with E-state index in [9.17, 15) is 9.90 Å². The lowest BCUT2D eigenvalue weighted by Gasteiger charge is -2.57. The van der Waals surface area contributed by atoms with Crippen LogP contribution in [0.2, 0.25) is 0 Å². The smallest absolute Gasteiger partial charge is 0.328 e. The van der Waals surface area contributed by atoms with Crippen molar-refractivity contribution in [2.45, 2.75) is 97.1 Å². The van der Waals surface area contributed by atoms with Gasteiger partial charge in [-0.2, -0.15) is 0 Å². The second-order valence-electron chi connectivity index (χ2n) is 7.54. The van der Waals surface area contributed by atoms with Gasteiger partial charge in [0.2, 0.25) is 0 Å². The zero-order chi connectivity index (χ0) is 16.8. The van der Waals surface area contributed by atoms with Crippen LogP contribution in [0.5, 0.6) is 0 Å². The highest BCUT2D eigenvalue weighted by molar-refractivity contribution is 5.80. The Hall–Kier alpha value is -0.830. The van der Waals surface area contributed by atoms with Crippen LogP contribution in [-0.4, -0.2) is 33.6 Å². The molecule has 0 spiro atoms. The van der Waals surface area contributed by atoms with Gasteiger partial charge in [0.05, 0.1) is 0 Å². The number of rotatable bonds is 8. The maximum atomic E-state index is 11.2. The van der Waals surface area contributed by atoms with Crippen molar-refractivity contribution in [2.24, 2.45) is 0 Å². The predicted octanol–water partition coefficient (Wildman–Crippen LogP) is 5.01. The quantitative estimate of drug-likeness (QED) is 0.641. The van der Waals surface area contributed by atoms with Gasteiger partial charge in [-0.15, -0.1) is 0 Å². The van der Waals surface area contributed by atoms with Crippen molar-refractivity contribution >= 4 is 5.97 Å². The highest BCUT2D eigenvalue weighted by Crippen LogP contribution is 2.46. The average Bonchev–Trinajstić information content (AvgIpc) is 2.36. The minimum absolute atomic E-state index is 0.0407. The molecule has 0 aromatic rings. The molecular weight excluding hydrogens is 274 g/mol. The Morgan fingerprint density at radius 3 is 2.18 bits per heavy atom. The Labute approximate surface area is 136 Å². The van der Waals surface area contributed by atoms with Crippen LogP contribution in [0.25, 0.3) is 0 Å². The number of carboxylic acids is 1. The molecule has 0 radical (unpaired) electrons. The molecule has 1 rings (SSSR count). The molecule has 0 amide bonds. The fourth-order valence-corrected chi connectivity index (χ4v) is 4.51. The summed E-state index contributed by atoms with van der Waals surface area (Å²) in [5, 5.41) is 9.18. The Morgan fingerprint density at radius 2 is 1.73 bits per heavy atom. The summed E-state index contributed by atoms with van der Waals surface area (Å²) in [5.74, 6) is -0.797. The summed E-state index contributed by atoms with van der Waals surface area (Å²) in [5.41, 5.74) is 1.30. The third-order valence-electron chi connectivity index (χ3n) is 5.01. The Morgan fingerprint density at radius 1 is 1.14 bits per heavy atom. The molecule has 3 heteroatoms. The third-order valence-corrected chi connectivity index (χ3v) is 5.01. The highest BCUT2D eigenvalue weighted by atomic mass is 16.4. The van der Waals surface area contributed by atoms with Crippen molar-refractivity contribution < 1.29 is 9.90 Å². The molecule has 1 aliphatic heterocycles. The summed E-state index contributed by atoms with van der Waals surface area (Å²) in [6, 6.07) is 0. The topological polar surface area (TPSA) is 40.5 Å². The summed E-state index contributed by atoms with van der Waals surface area (Å²) < 4.78 is 0. The molecule has 1 N–H and O–H groups in total. The Bertz CT molecular complexity index is 392. The monoisotopic (exact) mass is 309 g/mol. The zero-order valence-electron chi connectivity index (χ0n) is 15.2. The standard InChI is InChI=1S/C19H35NO2/c1-6-9-12-20-18(4,5)14-16(13-17(21)22)15-19(20,10-7-2)11-8-3/h13H,6-12,14-15H2,1-5H3,(H,21,22). The van der Waals surface area contributed by atoms with E-state index in [2.05, 4.69) is 39.5 Å². The van der Waals surface area contributed by atoms with E-state index in [1.165, 1.54) is 18.9 Å². The first-order valence-electron chi connectivity index (χ1n) is 9.01. The van der Waals surface area contributed by atoms with Gasteiger partial charge in [0.15, 0.2) is 0 Å². The first kappa shape index (κ1) is 19.2. The lowest BCUT2D eigenvalue weighted by molar-refractivity contribution is -0.131. The second kappa shape index (κ2) is 8.14. The van der Waals surface area contributed by atoms with E-state index >= 15 is 0 Å². The van der Waals surface area contributed by atoms with Crippen LogP contribution in [0.4, 0.5) is 0 Å². The SMILES string of the molecule is CCCCN1C(C)(C)CC(=CC(=O)O)CC1(CCC)CCC. The molecule has 0 aromatic carbocycles. The van der Waals surface area contributed by atoms with Crippen molar-refractivity contribution in [3.8, 4) is 0 Å². The molecule has 0 aliphatic carbocycles. The number of unbranched alkanes of at least 4 members (excludes halogenated alkanes) is 1. The number of hydrogen-bond acceptors (Lipinski definition) is 2. The molecule has 1 fully saturated rings. The van der Waals surface area contributed by atoms with Gasteiger partial charge >= 0.3 is 5.97 Å². The second-order valence-corrected chi connectivity index (χ2v) is 7.54.